The van der Waals surface area contributed by atoms with Crippen molar-refractivity contribution in [3.63, 3.8) is 0 Å². The molecule has 17 heavy (non-hydrogen) atoms. The van der Waals surface area contributed by atoms with Crippen LogP contribution in [0.2, 0.25) is 0 Å². The van der Waals surface area contributed by atoms with Gasteiger partial charge in [-0.2, -0.15) is 0 Å². The zero-order valence-corrected chi connectivity index (χ0v) is 11.5. The molecule has 0 saturated carbocycles. The fourth-order valence-electron chi connectivity index (χ4n) is 2.12. The lowest BCUT2D eigenvalue weighted by molar-refractivity contribution is -0.143. The van der Waals surface area contributed by atoms with E-state index in [2.05, 4.69) is 20.8 Å². The first-order chi connectivity index (χ1) is 7.91. The second-order valence-electron chi connectivity index (χ2n) is 5.78. The van der Waals surface area contributed by atoms with Crippen LogP contribution in [0.4, 0.5) is 0 Å². The first-order valence-corrected chi connectivity index (χ1v) is 6.51. The number of nitrogens with zero attached hydrogens (tertiary/aromatic N) is 1. The molecule has 0 aromatic rings. The van der Waals surface area contributed by atoms with Crippen molar-refractivity contribution in [2.24, 2.45) is 17.1 Å². The van der Waals surface area contributed by atoms with E-state index in [1.165, 1.54) is 0 Å². The third kappa shape index (κ3) is 3.68. The fraction of sp³-hybridized carbons (Fsp3) is 0.923. The largest absolute Gasteiger partial charge is 0.368 e. The van der Waals surface area contributed by atoms with E-state index in [4.69, 9.17) is 10.5 Å². The minimum atomic E-state index is -0.247. The van der Waals surface area contributed by atoms with Crippen LogP contribution in [0.3, 0.4) is 0 Å². The van der Waals surface area contributed by atoms with Crippen LogP contribution in [-0.2, 0) is 9.53 Å². The molecule has 0 aliphatic carbocycles. The van der Waals surface area contributed by atoms with Crippen LogP contribution in [0.5, 0.6) is 0 Å². The lowest BCUT2D eigenvalue weighted by Crippen LogP contribution is -2.47. The smallest absolute Gasteiger partial charge is 0.251 e. The van der Waals surface area contributed by atoms with E-state index in [-0.39, 0.29) is 17.4 Å². The number of rotatable bonds is 5. The number of likely N-dealkylation sites (N-methyl/N-ethyl adjacent to an activating group) is 1. The highest BCUT2D eigenvalue weighted by Crippen LogP contribution is 2.23. The summed E-state index contributed by atoms with van der Waals surface area (Å²) in [5.41, 5.74) is 5.69. The van der Waals surface area contributed by atoms with Crippen molar-refractivity contribution in [2.75, 3.05) is 26.2 Å². The standard InChI is InChI=1S/C13H26N2O2/c1-5-15(9-13(3,4)8-14)12(16)11-10(2)6-7-17-11/h10-11H,5-9,14H2,1-4H3. The first-order valence-electron chi connectivity index (χ1n) is 6.51. The van der Waals surface area contributed by atoms with Gasteiger partial charge >= 0.3 is 0 Å². The topological polar surface area (TPSA) is 55.6 Å². The van der Waals surface area contributed by atoms with E-state index < -0.39 is 0 Å². The summed E-state index contributed by atoms with van der Waals surface area (Å²) in [6, 6.07) is 0. The average Bonchev–Trinajstić information content (AvgIpc) is 2.71. The maximum atomic E-state index is 12.3. The first kappa shape index (κ1) is 14.5. The molecule has 0 spiro atoms. The fourth-order valence-corrected chi connectivity index (χ4v) is 2.12. The molecule has 4 heteroatoms. The Balaban J connectivity index is 2.64. The molecule has 0 aromatic carbocycles. The van der Waals surface area contributed by atoms with Crippen molar-refractivity contribution in [1.29, 1.82) is 0 Å². The van der Waals surface area contributed by atoms with Crippen molar-refractivity contribution < 1.29 is 9.53 Å². The molecular weight excluding hydrogens is 216 g/mol. The van der Waals surface area contributed by atoms with Gasteiger partial charge in [0.1, 0.15) is 6.10 Å². The van der Waals surface area contributed by atoms with E-state index in [0.29, 0.717) is 25.6 Å². The molecule has 2 atom stereocenters. The summed E-state index contributed by atoms with van der Waals surface area (Å²) in [4.78, 5) is 14.2. The highest BCUT2D eigenvalue weighted by atomic mass is 16.5. The third-order valence-electron chi connectivity index (χ3n) is 3.50. The lowest BCUT2D eigenvalue weighted by Gasteiger charge is -2.33. The number of hydrogen-bond acceptors (Lipinski definition) is 3. The minimum Gasteiger partial charge on any atom is -0.368 e. The quantitative estimate of drug-likeness (QED) is 0.789. The normalized spacial score (nSPS) is 25.0. The molecular formula is C13H26N2O2. The molecule has 1 aliphatic heterocycles. The summed E-state index contributed by atoms with van der Waals surface area (Å²) in [6.07, 6.45) is 0.734. The summed E-state index contributed by atoms with van der Waals surface area (Å²) >= 11 is 0. The van der Waals surface area contributed by atoms with E-state index in [9.17, 15) is 4.79 Å². The van der Waals surface area contributed by atoms with Gasteiger partial charge in [0.2, 0.25) is 0 Å². The molecule has 0 aromatic heterocycles. The number of hydrogen-bond donors (Lipinski definition) is 1. The predicted octanol–water partition coefficient (Wildman–Crippen LogP) is 1.24. The number of carbonyl (C=O) groups excluding carboxylic acids is 1. The molecule has 2 unspecified atom stereocenters. The van der Waals surface area contributed by atoms with Gasteiger partial charge in [-0.3, -0.25) is 4.79 Å². The predicted molar refractivity (Wildman–Crippen MR) is 68.6 cm³/mol. The SMILES string of the molecule is CCN(CC(C)(C)CN)C(=O)C1OCCC1C. The Morgan fingerprint density at radius 3 is 2.59 bits per heavy atom. The zero-order chi connectivity index (χ0) is 13.1. The zero-order valence-electron chi connectivity index (χ0n) is 11.5. The van der Waals surface area contributed by atoms with Crippen LogP contribution in [0.1, 0.15) is 34.1 Å². The highest BCUT2D eigenvalue weighted by Gasteiger charge is 2.35. The second-order valence-corrected chi connectivity index (χ2v) is 5.78. The molecule has 0 radical (unpaired) electrons. The van der Waals surface area contributed by atoms with Crippen molar-refractivity contribution >= 4 is 5.91 Å². The third-order valence-corrected chi connectivity index (χ3v) is 3.50. The summed E-state index contributed by atoms with van der Waals surface area (Å²) < 4.78 is 5.54. The van der Waals surface area contributed by atoms with Gasteiger partial charge in [-0.05, 0) is 31.2 Å². The summed E-state index contributed by atoms with van der Waals surface area (Å²) in [5.74, 6) is 0.455. The van der Waals surface area contributed by atoms with Crippen LogP contribution < -0.4 is 5.73 Å². The van der Waals surface area contributed by atoms with Crippen LogP contribution in [-0.4, -0.2) is 43.2 Å². The van der Waals surface area contributed by atoms with Crippen LogP contribution in [0.25, 0.3) is 0 Å². The number of carbonyl (C=O) groups is 1. The van der Waals surface area contributed by atoms with E-state index in [1.807, 2.05) is 11.8 Å². The van der Waals surface area contributed by atoms with Gasteiger partial charge in [-0.1, -0.05) is 20.8 Å². The van der Waals surface area contributed by atoms with Crippen molar-refractivity contribution in [3.8, 4) is 0 Å². The maximum Gasteiger partial charge on any atom is 0.251 e. The lowest BCUT2D eigenvalue weighted by atomic mass is 9.92. The maximum absolute atomic E-state index is 12.3. The highest BCUT2D eigenvalue weighted by molar-refractivity contribution is 5.81. The molecule has 0 bridgehead atoms. The minimum absolute atomic E-state index is 0.0342. The molecule has 1 heterocycles. The monoisotopic (exact) mass is 242 g/mol. The molecule has 1 fully saturated rings. The Morgan fingerprint density at radius 2 is 2.18 bits per heavy atom. The Bertz CT molecular complexity index is 266. The molecule has 1 saturated heterocycles. The van der Waals surface area contributed by atoms with Crippen molar-refractivity contribution in [1.82, 2.24) is 4.90 Å². The van der Waals surface area contributed by atoms with Crippen molar-refractivity contribution in [3.05, 3.63) is 0 Å². The van der Waals surface area contributed by atoms with Gasteiger partial charge in [0, 0.05) is 19.7 Å². The number of ether oxygens (including phenoxy) is 1. The molecule has 1 aliphatic rings. The van der Waals surface area contributed by atoms with Gasteiger partial charge in [-0.25, -0.2) is 0 Å². The van der Waals surface area contributed by atoms with Gasteiger partial charge < -0.3 is 15.4 Å². The molecule has 100 valence electrons. The molecule has 4 nitrogen and oxygen atoms in total. The van der Waals surface area contributed by atoms with Crippen LogP contribution in [0, 0.1) is 11.3 Å². The van der Waals surface area contributed by atoms with E-state index in [1.54, 1.807) is 0 Å². The van der Waals surface area contributed by atoms with Crippen molar-refractivity contribution in [2.45, 2.75) is 40.2 Å². The van der Waals surface area contributed by atoms with Crippen LogP contribution >= 0.6 is 0 Å². The van der Waals surface area contributed by atoms with Gasteiger partial charge in [0.25, 0.3) is 5.91 Å². The molecule has 1 rings (SSSR count). The van der Waals surface area contributed by atoms with Gasteiger partial charge in [0.15, 0.2) is 0 Å². The number of nitrogens with two attached hydrogens (primary N) is 1. The Labute approximate surface area is 104 Å². The molecule has 1 amide bonds. The Morgan fingerprint density at radius 1 is 1.53 bits per heavy atom. The van der Waals surface area contributed by atoms with E-state index >= 15 is 0 Å². The second kappa shape index (κ2) is 5.83. The average molecular weight is 242 g/mol. The summed E-state index contributed by atoms with van der Waals surface area (Å²) in [6.45, 7) is 11.0. The Hall–Kier alpha value is -0.610. The Kier molecular flexibility index (Phi) is 4.95. The van der Waals surface area contributed by atoms with Gasteiger partial charge in [0.05, 0.1) is 0 Å². The number of amides is 1. The van der Waals surface area contributed by atoms with Gasteiger partial charge in [-0.15, -0.1) is 0 Å². The van der Waals surface area contributed by atoms with Crippen LogP contribution in [0.15, 0.2) is 0 Å². The molecule has 2 N–H and O–H groups in total. The summed E-state index contributed by atoms with van der Waals surface area (Å²) in [7, 11) is 0. The summed E-state index contributed by atoms with van der Waals surface area (Å²) in [5, 5.41) is 0. The van der Waals surface area contributed by atoms with E-state index in [0.717, 1.165) is 13.0 Å².